The van der Waals surface area contributed by atoms with Crippen molar-refractivity contribution < 1.29 is 23.1 Å². The van der Waals surface area contributed by atoms with Gasteiger partial charge in [0.1, 0.15) is 5.75 Å². The molecule has 11 heteroatoms. The van der Waals surface area contributed by atoms with E-state index in [1.54, 1.807) is 6.07 Å². The second-order valence-electron chi connectivity index (χ2n) is 5.71. The van der Waals surface area contributed by atoms with Crippen LogP contribution in [0.3, 0.4) is 0 Å². The number of carbonyl (C=O) groups is 1. The largest absolute Gasteiger partial charge is 0.507 e. The van der Waals surface area contributed by atoms with Gasteiger partial charge in [0.25, 0.3) is 15.9 Å². The number of phenolic OH excluding ortho intramolecular Hbond substituents is 1. The van der Waals surface area contributed by atoms with Gasteiger partial charge in [-0.05, 0) is 48.5 Å². The average molecular weight is 479 g/mol. The maximum atomic E-state index is 12.5. The molecular weight excluding hydrogens is 464 g/mol. The van der Waals surface area contributed by atoms with Gasteiger partial charge >= 0.3 is 0 Å². The number of amides is 1. The van der Waals surface area contributed by atoms with E-state index < -0.39 is 15.9 Å². The molecule has 3 rings (SSSR count). The predicted octanol–water partition coefficient (Wildman–Crippen LogP) is 3.01. The highest BCUT2D eigenvalue weighted by Gasteiger charge is 2.16. The van der Waals surface area contributed by atoms with Crippen molar-refractivity contribution in [1.29, 1.82) is 0 Å². The lowest BCUT2D eigenvalue weighted by Crippen LogP contribution is -2.15. The van der Waals surface area contributed by atoms with Crippen molar-refractivity contribution in [2.24, 2.45) is 0 Å². The minimum Gasteiger partial charge on any atom is -0.507 e. The van der Waals surface area contributed by atoms with Gasteiger partial charge in [-0.25, -0.2) is 8.42 Å². The van der Waals surface area contributed by atoms with Crippen LogP contribution in [0.4, 0.5) is 11.5 Å². The number of ether oxygens (including phenoxy) is 1. The molecule has 150 valence electrons. The van der Waals surface area contributed by atoms with Gasteiger partial charge in [0.2, 0.25) is 5.88 Å². The molecule has 0 aliphatic rings. The Morgan fingerprint density at radius 1 is 1.07 bits per heavy atom. The Hall–Kier alpha value is -3.18. The summed E-state index contributed by atoms with van der Waals surface area (Å²) in [5.74, 6) is -0.418. The van der Waals surface area contributed by atoms with E-state index in [-0.39, 0.29) is 27.9 Å². The molecule has 0 fully saturated rings. The number of benzene rings is 2. The zero-order chi connectivity index (χ0) is 21.0. The van der Waals surface area contributed by atoms with Crippen LogP contribution in [0.15, 0.2) is 64.0 Å². The quantitative estimate of drug-likeness (QED) is 0.496. The number of sulfonamides is 1. The second-order valence-corrected chi connectivity index (χ2v) is 8.30. The van der Waals surface area contributed by atoms with Crippen LogP contribution in [0.25, 0.3) is 0 Å². The summed E-state index contributed by atoms with van der Waals surface area (Å²) >= 11 is 3.24. The average Bonchev–Trinajstić information content (AvgIpc) is 2.70. The number of methoxy groups -OCH3 is 1. The lowest BCUT2D eigenvalue weighted by atomic mass is 10.2. The number of nitrogens with zero attached hydrogens (tertiary/aromatic N) is 2. The van der Waals surface area contributed by atoms with Crippen LogP contribution >= 0.6 is 15.9 Å². The third-order valence-electron chi connectivity index (χ3n) is 3.71. The third-order valence-corrected chi connectivity index (χ3v) is 5.58. The highest BCUT2D eigenvalue weighted by Crippen LogP contribution is 2.24. The molecule has 3 aromatic rings. The lowest BCUT2D eigenvalue weighted by molar-refractivity contribution is 0.102. The topological polar surface area (TPSA) is 131 Å². The number of aromatic hydroxyl groups is 1. The maximum Gasteiger partial charge on any atom is 0.263 e. The van der Waals surface area contributed by atoms with E-state index >= 15 is 0 Å². The molecule has 9 nitrogen and oxygen atoms in total. The molecule has 0 bridgehead atoms. The number of nitrogens with one attached hydrogen (secondary N) is 2. The summed E-state index contributed by atoms with van der Waals surface area (Å²) in [7, 11) is -2.47. The monoisotopic (exact) mass is 478 g/mol. The Bertz CT molecular complexity index is 1140. The second kappa shape index (κ2) is 8.45. The number of aromatic nitrogens is 2. The van der Waals surface area contributed by atoms with Crippen molar-refractivity contribution in [3.05, 3.63) is 64.6 Å². The van der Waals surface area contributed by atoms with Gasteiger partial charge in [0.05, 0.1) is 17.6 Å². The number of anilines is 2. The highest BCUT2D eigenvalue weighted by atomic mass is 79.9. The van der Waals surface area contributed by atoms with Crippen molar-refractivity contribution in [1.82, 2.24) is 10.2 Å². The fraction of sp³-hybridized carbons (Fsp3) is 0.0556. The van der Waals surface area contributed by atoms with Gasteiger partial charge in [-0.2, -0.15) is 0 Å². The van der Waals surface area contributed by atoms with Gasteiger partial charge in [-0.1, -0.05) is 15.9 Å². The Morgan fingerprint density at radius 2 is 1.79 bits per heavy atom. The summed E-state index contributed by atoms with van der Waals surface area (Å²) in [5.41, 5.74) is 0.438. The van der Waals surface area contributed by atoms with Crippen LogP contribution in [0, 0.1) is 0 Å². The molecule has 3 N–H and O–H groups in total. The smallest absolute Gasteiger partial charge is 0.263 e. The standard InChI is InChI=1S/C18H15BrN4O5S/c1-28-17-9-8-16(21-22-17)23-29(26,27)13-5-3-12(4-6-13)20-18(25)14-10-11(19)2-7-15(14)24/h2-10,24H,1H3,(H,20,25)(H,21,23). The molecule has 1 heterocycles. The molecular formula is C18H15BrN4O5S. The highest BCUT2D eigenvalue weighted by molar-refractivity contribution is 9.10. The van der Waals surface area contributed by atoms with Crippen LogP contribution in [0.1, 0.15) is 10.4 Å². The van der Waals surface area contributed by atoms with E-state index in [2.05, 4.69) is 36.2 Å². The van der Waals surface area contributed by atoms with Crippen molar-refractivity contribution in [3.63, 3.8) is 0 Å². The molecule has 0 aliphatic carbocycles. The fourth-order valence-electron chi connectivity index (χ4n) is 2.29. The van der Waals surface area contributed by atoms with Gasteiger partial charge in [-0.15, -0.1) is 10.2 Å². The van der Waals surface area contributed by atoms with E-state index in [0.717, 1.165) is 0 Å². The van der Waals surface area contributed by atoms with Crippen LogP contribution in [0.5, 0.6) is 11.6 Å². The minimum atomic E-state index is -3.89. The lowest BCUT2D eigenvalue weighted by Gasteiger charge is -2.10. The maximum absolute atomic E-state index is 12.5. The SMILES string of the molecule is COc1ccc(NS(=O)(=O)c2ccc(NC(=O)c3cc(Br)ccc3O)cc2)nn1. The van der Waals surface area contributed by atoms with Crippen molar-refractivity contribution in [2.75, 3.05) is 17.1 Å². The zero-order valence-electron chi connectivity index (χ0n) is 15.0. The third kappa shape index (κ3) is 5.00. The van der Waals surface area contributed by atoms with E-state index in [9.17, 15) is 18.3 Å². The summed E-state index contributed by atoms with van der Waals surface area (Å²) in [6, 6.07) is 12.9. The molecule has 1 aromatic heterocycles. The van der Waals surface area contributed by atoms with Crippen LogP contribution in [-0.2, 0) is 10.0 Å². The van der Waals surface area contributed by atoms with Crippen molar-refractivity contribution in [3.8, 4) is 11.6 Å². The first-order valence-corrected chi connectivity index (χ1v) is 10.4. The zero-order valence-corrected chi connectivity index (χ0v) is 17.4. The molecule has 1 amide bonds. The Balaban J connectivity index is 1.73. The number of halogens is 1. The number of rotatable bonds is 6. The fourth-order valence-corrected chi connectivity index (χ4v) is 3.64. The molecule has 0 saturated carbocycles. The van der Waals surface area contributed by atoms with Crippen LogP contribution < -0.4 is 14.8 Å². The van der Waals surface area contributed by atoms with E-state index in [0.29, 0.717) is 10.2 Å². The van der Waals surface area contributed by atoms with Gasteiger partial charge < -0.3 is 15.2 Å². The molecule has 0 unspecified atom stereocenters. The Labute approximate surface area is 174 Å². The number of phenols is 1. The van der Waals surface area contributed by atoms with E-state index in [1.807, 2.05) is 0 Å². The van der Waals surface area contributed by atoms with Gasteiger partial charge in [0, 0.05) is 16.2 Å². The summed E-state index contributed by atoms with van der Waals surface area (Å²) < 4.78 is 32.7. The Kier molecular flexibility index (Phi) is 5.99. The van der Waals surface area contributed by atoms with E-state index in [4.69, 9.17) is 4.74 Å². The first-order valence-electron chi connectivity index (χ1n) is 8.09. The molecule has 29 heavy (non-hydrogen) atoms. The minimum absolute atomic E-state index is 0.0292. The van der Waals surface area contributed by atoms with Gasteiger partial charge in [-0.3, -0.25) is 9.52 Å². The van der Waals surface area contributed by atoms with Crippen molar-refractivity contribution in [2.45, 2.75) is 4.90 Å². The molecule has 0 atom stereocenters. The van der Waals surface area contributed by atoms with Crippen LogP contribution in [0.2, 0.25) is 0 Å². The number of hydrogen-bond acceptors (Lipinski definition) is 7. The number of hydrogen-bond donors (Lipinski definition) is 3. The summed E-state index contributed by atoms with van der Waals surface area (Å²) in [4.78, 5) is 12.3. The summed E-state index contributed by atoms with van der Waals surface area (Å²) in [6.45, 7) is 0. The van der Waals surface area contributed by atoms with Gasteiger partial charge in [0.15, 0.2) is 5.82 Å². The van der Waals surface area contributed by atoms with Crippen LogP contribution in [-0.4, -0.2) is 36.7 Å². The molecule has 0 spiro atoms. The predicted molar refractivity (Wildman–Crippen MR) is 110 cm³/mol. The summed E-state index contributed by atoms with van der Waals surface area (Å²) in [6.07, 6.45) is 0. The normalized spacial score (nSPS) is 11.0. The first-order chi connectivity index (χ1) is 13.8. The molecule has 0 aliphatic heterocycles. The first kappa shape index (κ1) is 20.6. The van der Waals surface area contributed by atoms with Crippen molar-refractivity contribution >= 4 is 43.4 Å². The Morgan fingerprint density at radius 3 is 2.41 bits per heavy atom. The number of carbonyl (C=O) groups excluding carboxylic acids is 1. The summed E-state index contributed by atoms with van der Waals surface area (Å²) in [5, 5.41) is 19.8. The molecule has 0 radical (unpaired) electrons. The van der Waals surface area contributed by atoms with E-state index in [1.165, 1.54) is 55.6 Å². The molecule has 2 aromatic carbocycles. The molecule has 0 saturated heterocycles.